The number of benzene rings is 2. The molecule has 0 saturated heterocycles. The maximum atomic E-state index is 12.8. The van der Waals surface area contributed by atoms with Gasteiger partial charge in [0.1, 0.15) is 10.8 Å². The minimum Gasteiger partial charge on any atom is -0.341 e. The number of terminal acetylenes is 1. The van der Waals surface area contributed by atoms with Crippen LogP contribution in [0.25, 0.3) is 11.0 Å². The van der Waals surface area contributed by atoms with Gasteiger partial charge in [0.05, 0.1) is 35.5 Å². The van der Waals surface area contributed by atoms with Crippen molar-refractivity contribution in [2.45, 2.75) is 0 Å². The Morgan fingerprint density at radius 3 is 2.71 bits per heavy atom. The molecule has 152 valence electrons. The summed E-state index contributed by atoms with van der Waals surface area (Å²) in [7, 11) is 0. The summed E-state index contributed by atoms with van der Waals surface area (Å²) in [5, 5.41) is 9.00. The van der Waals surface area contributed by atoms with Crippen molar-refractivity contribution in [3.8, 4) is 12.3 Å². The monoisotopic (exact) mass is 428 g/mol. The van der Waals surface area contributed by atoms with E-state index in [1.807, 2.05) is 24.3 Å². The molecule has 0 bridgehead atoms. The van der Waals surface area contributed by atoms with Crippen LogP contribution in [0.1, 0.15) is 20.7 Å². The van der Waals surface area contributed by atoms with Gasteiger partial charge in [0.15, 0.2) is 0 Å². The summed E-state index contributed by atoms with van der Waals surface area (Å²) in [5.41, 5.74) is 2.73. The molecule has 2 heterocycles. The van der Waals surface area contributed by atoms with E-state index in [1.54, 1.807) is 30.5 Å². The number of hydrogen-bond donors (Lipinski definition) is 3. The third kappa shape index (κ3) is 4.66. The number of aromatic nitrogens is 3. The average molecular weight is 428 g/mol. The Labute approximate surface area is 181 Å². The van der Waals surface area contributed by atoms with E-state index in [0.717, 1.165) is 22.6 Å². The van der Waals surface area contributed by atoms with E-state index < -0.39 is 0 Å². The molecule has 0 aliphatic carbocycles. The largest absolute Gasteiger partial charge is 0.341 e. The van der Waals surface area contributed by atoms with Crippen LogP contribution in [0.2, 0.25) is 0 Å². The fourth-order valence-electron chi connectivity index (χ4n) is 2.80. The number of nitrogens with one attached hydrogen (secondary N) is 3. The van der Waals surface area contributed by atoms with E-state index in [9.17, 15) is 9.59 Å². The molecule has 8 nitrogen and oxygen atoms in total. The second-order valence-corrected chi connectivity index (χ2v) is 7.16. The molecule has 0 radical (unpaired) electrons. The molecule has 0 aliphatic rings. The van der Waals surface area contributed by atoms with Crippen LogP contribution in [0, 0.1) is 12.3 Å². The Balaban J connectivity index is 1.50. The summed E-state index contributed by atoms with van der Waals surface area (Å²) < 4.78 is 4.11. The lowest BCUT2D eigenvalue weighted by Gasteiger charge is -2.09. The first kappa shape index (κ1) is 20.0. The van der Waals surface area contributed by atoms with E-state index in [4.69, 9.17) is 6.42 Å². The predicted molar refractivity (Wildman–Crippen MR) is 120 cm³/mol. The number of nitrogens with zero attached hydrogens (tertiary/aromatic N) is 3. The fraction of sp³-hybridized carbons (Fsp3) is 0.0455. The minimum absolute atomic E-state index is 0.128. The number of anilines is 3. The van der Waals surface area contributed by atoms with E-state index in [2.05, 4.69) is 36.2 Å². The zero-order chi connectivity index (χ0) is 21.6. The van der Waals surface area contributed by atoms with Crippen LogP contribution in [-0.4, -0.2) is 32.7 Å². The maximum Gasteiger partial charge on any atom is 0.260 e. The van der Waals surface area contributed by atoms with Crippen LogP contribution in [-0.2, 0) is 0 Å². The number of carbonyl (C=O) groups is 2. The maximum absolute atomic E-state index is 12.8. The molecule has 31 heavy (non-hydrogen) atoms. The Kier molecular flexibility index (Phi) is 5.82. The summed E-state index contributed by atoms with van der Waals surface area (Å²) in [6.45, 7) is 0.128. The van der Waals surface area contributed by atoms with Gasteiger partial charge in [-0.25, -0.2) is 4.98 Å². The van der Waals surface area contributed by atoms with Gasteiger partial charge in [0, 0.05) is 11.3 Å². The third-order valence-corrected chi connectivity index (χ3v) is 4.95. The van der Waals surface area contributed by atoms with Crippen LogP contribution < -0.4 is 16.0 Å². The molecule has 0 atom stereocenters. The second kappa shape index (κ2) is 9.02. The van der Waals surface area contributed by atoms with Crippen molar-refractivity contribution < 1.29 is 9.59 Å². The highest BCUT2D eigenvalue weighted by Gasteiger charge is 2.16. The van der Waals surface area contributed by atoms with Crippen molar-refractivity contribution in [1.82, 2.24) is 19.7 Å². The molecule has 2 aromatic carbocycles. The first-order chi connectivity index (χ1) is 15.1. The number of carbonyl (C=O) groups excluding carboxylic acids is 2. The lowest BCUT2D eigenvalue weighted by molar-refractivity contribution is 0.0957. The van der Waals surface area contributed by atoms with Crippen molar-refractivity contribution in [2.75, 3.05) is 17.2 Å². The molecular formula is C22H16N6O2S. The highest BCUT2D eigenvalue weighted by molar-refractivity contribution is 7.10. The number of fused-ring (bicyclic) bond motifs is 1. The third-order valence-electron chi connectivity index (χ3n) is 4.24. The van der Waals surface area contributed by atoms with E-state index in [-0.39, 0.29) is 18.4 Å². The normalized spacial score (nSPS) is 10.3. The lowest BCUT2D eigenvalue weighted by atomic mass is 10.2. The van der Waals surface area contributed by atoms with Crippen LogP contribution >= 0.6 is 11.5 Å². The van der Waals surface area contributed by atoms with Crippen molar-refractivity contribution in [1.29, 1.82) is 0 Å². The number of para-hydroxylation sites is 2. The highest BCUT2D eigenvalue weighted by atomic mass is 32.1. The molecule has 0 spiro atoms. The SMILES string of the molecule is C#CCNC(=O)c1cccc(NC(=O)c2cnsc2Nc2cnc3ccccc3n2)c1. The van der Waals surface area contributed by atoms with Gasteiger partial charge < -0.3 is 16.0 Å². The van der Waals surface area contributed by atoms with Gasteiger partial charge in [0.25, 0.3) is 11.8 Å². The first-order valence-corrected chi connectivity index (χ1v) is 9.98. The average Bonchev–Trinajstić information content (AvgIpc) is 3.26. The quantitative estimate of drug-likeness (QED) is 0.406. The summed E-state index contributed by atoms with van der Waals surface area (Å²) in [6, 6.07) is 14.1. The smallest absolute Gasteiger partial charge is 0.260 e. The van der Waals surface area contributed by atoms with Gasteiger partial charge in [0.2, 0.25) is 0 Å². The van der Waals surface area contributed by atoms with Crippen LogP contribution in [0.4, 0.5) is 16.5 Å². The van der Waals surface area contributed by atoms with Crippen molar-refractivity contribution >= 4 is 50.9 Å². The molecular weight excluding hydrogens is 412 g/mol. The van der Waals surface area contributed by atoms with Gasteiger partial charge in [-0.2, -0.15) is 4.37 Å². The van der Waals surface area contributed by atoms with Crippen LogP contribution in [0.15, 0.2) is 60.9 Å². The van der Waals surface area contributed by atoms with E-state index in [1.165, 1.54) is 6.20 Å². The Morgan fingerprint density at radius 2 is 1.87 bits per heavy atom. The molecule has 4 aromatic rings. The van der Waals surface area contributed by atoms with Gasteiger partial charge in [-0.1, -0.05) is 24.1 Å². The molecule has 3 N–H and O–H groups in total. The lowest BCUT2D eigenvalue weighted by Crippen LogP contribution is -2.23. The first-order valence-electron chi connectivity index (χ1n) is 9.20. The standard InChI is InChI=1S/C22H16N6O2S/c1-2-10-23-20(29)14-6-5-7-15(11-14)26-21(30)16-12-25-31-22(16)28-19-13-24-17-8-3-4-9-18(17)27-19/h1,3-9,11-13H,10H2,(H,23,29)(H,26,30)(H,27,28). The van der Waals surface area contributed by atoms with Crippen LogP contribution in [0.5, 0.6) is 0 Å². The minimum atomic E-state index is -0.369. The zero-order valence-electron chi connectivity index (χ0n) is 16.1. The highest BCUT2D eigenvalue weighted by Crippen LogP contribution is 2.25. The van der Waals surface area contributed by atoms with Crippen LogP contribution in [0.3, 0.4) is 0 Å². The van der Waals surface area contributed by atoms with E-state index >= 15 is 0 Å². The van der Waals surface area contributed by atoms with Crippen molar-refractivity contribution in [2.24, 2.45) is 0 Å². The van der Waals surface area contributed by atoms with Gasteiger partial charge >= 0.3 is 0 Å². The summed E-state index contributed by atoms with van der Waals surface area (Å²) >= 11 is 1.13. The molecule has 4 rings (SSSR count). The number of rotatable bonds is 6. The van der Waals surface area contributed by atoms with E-state index in [0.29, 0.717) is 27.6 Å². The number of amides is 2. The van der Waals surface area contributed by atoms with Gasteiger partial charge in [-0.15, -0.1) is 6.42 Å². The second-order valence-electron chi connectivity index (χ2n) is 6.36. The Bertz CT molecular complexity index is 1310. The Morgan fingerprint density at radius 1 is 1.03 bits per heavy atom. The molecule has 2 amide bonds. The fourth-order valence-corrected chi connectivity index (χ4v) is 3.45. The topological polar surface area (TPSA) is 109 Å². The predicted octanol–water partition coefficient (Wildman–Crippen LogP) is 3.45. The Hall–Kier alpha value is -4.29. The molecule has 0 unspecified atom stereocenters. The molecule has 2 aromatic heterocycles. The van der Waals surface area contributed by atoms with Gasteiger partial charge in [-0.3, -0.25) is 14.6 Å². The van der Waals surface area contributed by atoms with Crippen molar-refractivity contribution in [3.05, 3.63) is 72.1 Å². The molecule has 0 fully saturated rings. The molecule has 0 saturated carbocycles. The summed E-state index contributed by atoms with van der Waals surface area (Å²) in [4.78, 5) is 33.7. The summed E-state index contributed by atoms with van der Waals surface area (Å²) in [5.74, 6) is 2.16. The molecule has 9 heteroatoms. The van der Waals surface area contributed by atoms with Crippen molar-refractivity contribution in [3.63, 3.8) is 0 Å². The summed E-state index contributed by atoms with van der Waals surface area (Å²) in [6.07, 6.45) is 8.23. The van der Waals surface area contributed by atoms with Gasteiger partial charge in [-0.05, 0) is 41.9 Å². The molecule has 0 aliphatic heterocycles. The zero-order valence-corrected chi connectivity index (χ0v) is 16.9. The number of hydrogen-bond acceptors (Lipinski definition) is 7.